The zero-order chi connectivity index (χ0) is 16.2. The molecule has 0 atom stereocenters. The molecule has 1 aliphatic heterocycles. The Hall–Kier alpha value is -1.74. The predicted octanol–water partition coefficient (Wildman–Crippen LogP) is 3.44. The van der Waals surface area contributed by atoms with Gasteiger partial charge in [0.15, 0.2) is 0 Å². The molecule has 2 rings (SSSR count). The van der Waals surface area contributed by atoms with E-state index in [9.17, 15) is 4.79 Å². The molecule has 0 aromatic carbocycles. The number of aromatic nitrogens is 1. The fraction of sp³-hybridized carbons (Fsp3) is 0.562. The van der Waals surface area contributed by atoms with Gasteiger partial charge in [-0.15, -0.1) is 11.8 Å². The summed E-state index contributed by atoms with van der Waals surface area (Å²) >= 11 is 1.68. The maximum Gasteiger partial charge on any atom is 0.410 e. The first kappa shape index (κ1) is 16.6. The van der Waals surface area contributed by atoms with Gasteiger partial charge in [-0.05, 0) is 45.7 Å². The average Bonchev–Trinajstić information content (AvgIpc) is 2.46. The van der Waals surface area contributed by atoms with E-state index in [0.29, 0.717) is 23.9 Å². The van der Waals surface area contributed by atoms with Gasteiger partial charge in [-0.2, -0.15) is 5.26 Å². The lowest BCUT2D eigenvalue weighted by Crippen LogP contribution is -2.42. The van der Waals surface area contributed by atoms with Crippen molar-refractivity contribution in [3.05, 3.63) is 23.9 Å². The number of rotatable bonds is 2. The normalized spacial score (nSPS) is 16.2. The van der Waals surface area contributed by atoms with Gasteiger partial charge in [0, 0.05) is 24.5 Å². The molecule has 0 radical (unpaired) electrons. The van der Waals surface area contributed by atoms with E-state index in [1.165, 1.54) is 0 Å². The molecule has 0 aliphatic carbocycles. The van der Waals surface area contributed by atoms with Gasteiger partial charge in [-0.1, -0.05) is 0 Å². The van der Waals surface area contributed by atoms with E-state index in [0.717, 1.165) is 17.9 Å². The van der Waals surface area contributed by atoms with E-state index in [1.807, 2.05) is 26.8 Å². The molecule has 0 saturated carbocycles. The summed E-state index contributed by atoms with van der Waals surface area (Å²) in [6.45, 7) is 7.03. The lowest BCUT2D eigenvalue weighted by Gasteiger charge is -2.33. The van der Waals surface area contributed by atoms with E-state index in [2.05, 4.69) is 11.1 Å². The summed E-state index contributed by atoms with van der Waals surface area (Å²) in [4.78, 5) is 18.1. The van der Waals surface area contributed by atoms with Crippen molar-refractivity contribution in [1.29, 1.82) is 5.26 Å². The van der Waals surface area contributed by atoms with Gasteiger partial charge in [-0.25, -0.2) is 9.78 Å². The van der Waals surface area contributed by atoms with E-state index < -0.39 is 5.60 Å². The van der Waals surface area contributed by atoms with Crippen LogP contribution in [0.4, 0.5) is 4.79 Å². The number of nitrogens with zero attached hydrogens (tertiary/aromatic N) is 3. The summed E-state index contributed by atoms with van der Waals surface area (Å²) < 4.78 is 5.39. The van der Waals surface area contributed by atoms with E-state index in [-0.39, 0.29) is 6.09 Å². The van der Waals surface area contributed by atoms with Crippen molar-refractivity contribution in [2.75, 3.05) is 13.1 Å². The Bertz CT molecular complexity index is 569. The average molecular weight is 319 g/mol. The van der Waals surface area contributed by atoms with Gasteiger partial charge >= 0.3 is 6.09 Å². The van der Waals surface area contributed by atoms with Crippen LogP contribution in [0.1, 0.15) is 39.2 Å². The molecule has 1 aromatic rings. The third-order valence-corrected chi connectivity index (χ3v) is 4.51. The minimum absolute atomic E-state index is 0.236. The summed E-state index contributed by atoms with van der Waals surface area (Å²) in [6, 6.07) is 5.64. The Morgan fingerprint density at radius 3 is 2.73 bits per heavy atom. The lowest BCUT2D eigenvalue weighted by molar-refractivity contribution is 0.0219. The second kappa shape index (κ2) is 7.01. The molecule has 22 heavy (non-hydrogen) atoms. The Morgan fingerprint density at radius 2 is 2.14 bits per heavy atom. The van der Waals surface area contributed by atoms with Crippen LogP contribution in [0.15, 0.2) is 23.4 Å². The third-order valence-electron chi connectivity index (χ3n) is 3.25. The Balaban J connectivity index is 1.84. The molecular formula is C16H21N3O2S. The van der Waals surface area contributed by atoms with Gasteiger partial charge in [0.05, 0.1) is 16.7 Å². The Labute approximate surface area is 135 Å². The van der Waals surface area contributed by atoms with Crippen molar-refractivity contribution in [3.8, 4) is 6.07 Å². The van der Waals surface area contributed by atoms with E-state index in [1.54, 1.807) is 28.9 Å². The zero-order valence-corrected chi connectivity index (χ0v) is 14.0. The second-order valence-corrected chi connectivity index (χ2v) is 7.60. The monoisotopic (exact) mass is 319 g/mol. The molecule has 1 aromatic heterocycles. The van der Waals surface area contributed by atoms with Gasteiger partial charge in [0.2, 0.25) is 0 Å². The fourth-order valence-corrected chi connectivity index (χ4v) is 3.30. The highest BCUT2D eigenvalue weighted by atomic mass is 32.2. The number of hydrogen-bond acceptors (Lipinski definition) is 5. The SMILES string of the molecule is CC(C)(C)OC(=O)N1CCC(Sc2cc(C#N)ccn2)CC1. The number of carbonyl (C=O) groups excluding carboxylic acids is 1. The zero-order valence-electron chi connectivity index (χ0n) is 13.2. The van der Waals surface area contributed by atoms with Gasteiger partial charge in [0.1, 0.15) is 5.60 Å². The first-order valence-electron chi connectivity index (χ1n) is 7.38. The smallest absolute Gasteiger partial charge is 0.410 e. The first-order chi connectivity index (χ1) is 10.4. The molecule has 1 fully saturated rings. The molecule has 0 unspecified atom stereocenters. The van der Waals surface area contributed by atoms with E-state index >= 15 is 0 Å². The third kappa shape index (κ3) is 4.92. The van der Waals surface area contributed by atoms with Crippen LogP contribution in [0.2, 0.25) is 0 Å². The van der Waals surface area contributed by atoms with Crippen LogP contribution in [0.3, 0.4) is 0 Å². The van der Waals surface area contributed by atoms with Gasteiger partial charge in [0.25, 0.3) is 0 Å². The topological polar surface area (TPSA) is 66.2 Å². The molecule has 0 bridgehead atoms. The molecule has 5 nitrogen and oxygen atoms in total. The number of nitriles is 1. The molecule has 118 valence electrons. The van der Waals surface area contributed by atoms with Crippen LogP contribution < -0.4 is 0 Å². The van der Waals surface area contributed by atoms with Crippen LogP contribution in [-0.2, 0) is 4.74 Å². The number of likely N-dealkylation sites (tertiary alicyclic amines) is 1. The Morgan fingerprint density at radius 1 is 1.45 bits per heavy atom. The largest absolute Gasteiger partial charge is 0.444 e. The number of carbonyl (C=O) groups is 1. The molecule has 2 heterocycles. The van der Waals surface area contributed by atoms with Crippen LogP contribution in [0.25, 0.3) is 0 Å². The maximum atomic E-state index is 12.0. The minimum atomic E-state index is -0.454. The number of piperidine rings is 1. The molecule has 0 spiro atoms. The number of thioether (sulfide) groups is 1. The lowest BCUT2D eigenvalue weighted by atomic mass is 10.1. The summed E-state index contributed by atoms with van der Waals surface area (Å²) in [5, 5.41) is 10.2. The van der Waals surface area contributed by atoms with Crippen LogP contribution >= 0.6 is 11.8 Å². The maximum absolute atomic E-state index is 12.0. The molecule has 1 saturated heterocycles. The van der Waals surface area contributed by atoms with Gasteiger partial charge in [-0.3, -0.25) is 0 Å². The van der Waals surface area contributed by atoms with Crippen LogP contribution in [0, 0.1) is 11.3 Å². The van der Waals surface area contributed by atoms with Crippen molar-refractivity contribution in [2.24, 2.45) is 0 Å². The van der Waals surface area contributed by atoms with E-state index in [4.69, 9.17) is 10.00 Å². The highest BCUT2D eigenvalue weighted by Gasteiger charge is 2.27. The van der Waals surface area contributed by atoms with Crippen molar-refractivity contribution in [1.82, 2.24) is 9.88 Å². The fourth-order valence-electron chi connectivity index (χ4n) is 2.20. The molecule has 6 heteroatoms. The number of ether oxygens (including phenoxy) is 1. The Kier molecular flexibility index (Phi) is 5.30. The number of pyridine rings is 1. The summed E-state index contributed by atoms with van der Waals surface area (Å²) in [5.41, 5.74) is 0.174. The predicted molar refractivity (Wildman–Crippen MR) is 85.6 cm³/mol. The quantitative estimate of drug-likeness (QED) is 0.835. The highest BCUT2D eigenvalue weighted by molar-refractivity contribution is 7.99. The van der Waals surface area contributed by atoms with Crippen LogP contribution in [0.5, 0.6) is 0 Å². The number of hydrogen-bond donors (Lipinski definition) is 0. The molecule has 0 N–H and O–H groups in total. The van der Waals surface area contributed by atoms with Crippen molar-refractivity contribution in [3.63, 3.8) is 0 Å². The molecule has 1 aliphatic rings. The standard InChI is InChI=1S/C16H21N3O2S/c1-16(2,3)21-15(20)19-8-5-13(6-9-19)22-14-10-12(11-17)4-7-18-14/h4,7,10,13H,5-6,8-9H2,1-3H3. The highest BCUT2D eigenvalue weighted by Crippen LogP contribution is 2.29. The van der Waals surface area contributed by atoms with Crippen molar-refractivity contribution in [2.45, 2.75) is 49.5 Å². The van der Waals surface area contributed by atoms with Crippen LogP contribution in [-0.4, -0.2) is 39.9 Å². The first-order valence-corrected chi connectivity index (χ1v) is 8.26. The van der Waals surface area contributed by atoms with Gasteiger partial charge < -0.3 is 9.64 Å². The molecular weight excluding hydrogens is 298 g/mol. The second-order valence-electron chi connectivity index (χ2n) is 6.28. The van der Waals surface area contributed by atoms with Crippen molar-refractivity contribution >= 4 is 17.9 Å². The summed E-state index contributed by atoms with van der Waals surface area (Å²) in [5.74, 6) is 0. The summed E-state index contributed by atoms with van der Waals surface area (Å²) in [6.07, 6.45) is 3.24. The minimum Gasteiger partial charge on any atom is -0.444 e. The molecule has 1 amide bonds. The van der Waals surface area contributed by atoms with Crippen molar-refractivity contribution < 1.29 is 9.53 Å². The summed E-state index contributed by atoms with van der Waals surface area (Å²) in [7, 11) is 0. The number of amides is 1.